The van der Waals surface area contributed by atoms with Crippen molar-refractivity contribution in [1.82, 2.24) is 14.1 Å². The van der Waals surface area contributed by atoms with E-state index in [2.05, 4.69) is 10.4 Å². The Kier molecular flexibility index (Phi) is 5.55. The first kappa shape index (κ1) is 18.6. The van der Waals surface area contributed by atoms with Crippen molar-refractivity contribution < 1.29 is 23.1 Å². The summed E-state index contributed by atoms with van der Waals surface area (Å²) in [5.74, 6) is -1.78. The molecule has 134 valence electrons. The number of carbonyl (C=O) groups is 2. The van der Waals surface area contributed by atoms with Crippen LogP contribution in [0.3, 0.4) is 0 Å². The van der Waals surface area contributed by atoms with Crippen molar-refractivity contribution in [1.29, 1.82) is 0 Å². The Balaban J connectivity index is 2.20. The van der Waals surface area contributed by atoms with Gasteiger partial charge in [-0.25, -0.2) is 17.9 Å². The van der Waals surface area contributed by atoms with Crippen LogP contribution in [-0.2, 0) is 14.8 Å². The molecule has 1 aromatic carbocycles. The molecule has 10 heteroatoms. The lowest BCUT2D eigenvalue weighted by molar-refractivity contribution is -0.116. The summed E-state index contributed by atoms with van der Waals surface area (Å²) >= 11 is 0. The van der Waals surface area contributed by atoms with Crippen LogP contribution in [0.25, 0.3) is 5.69 Å². The Morgan fingerprint density at radius 1 is 1.28 bits per heavy atom. The number of nitrogens with zero attached hydrogens (tertiary/aromatic N) is 3. The Labute approximate surface area is 144 Å². The summed E-state index contributed by atoms with van der Waals surface area (Å²) in [6.45, 7) is 1.17. The molecule has 1 aromatic heterocycles. The van der Waals surface area contributed by atoms with E-state index in [4.69, 9.17) is 5.11 Å². The molecular weight excluding hydrogens is 348 g/mol. The van der Waals surface area contributed by atoms with E-state index in [1.807, 2.05) is 0 Å². The van der Waals surface area contributed by atoms with Gasteiger partial charge in [0.05, 0.1) is 23.7 Å². The molecule has 0 aliphatic heterocycles. The molecule has 0 saturated heterocycles. The van der Waals surface area contributed by atoms with Gasteiger partial charge in [-0.15, -0.1) is 0 Å². The summed E-state index contributed by atoms with van der Waals surface area (Å²) in [5.41, 5.74) is 0.717. The van der Waals surface area contributed by atoms with E-state index in [0.29, 0.717) is 11.4 Å². The van der Waals surface area contributed by atoms with Gasteiger partial charge < -0.3 is 10.4 Å². The minimum atomic E-state index is -3.46. The minimum Gasteiger partial charge on any atom is -0.476 e. The van der Waals surface area contributed by atoms with Gasteiger partial charge in [-0.2, -0.15) is 9.40 Å². The van der Waals surface area contributed by atoms with Crippen molar-refractivity contribution in [3.63, 3.8) is 0 Å². The lowest BCUT2D eigenvalue weighted by Gasteiger charge is -2.16. The first-order valence-corrected chi connectivity index (χ1v) is 8.97. The van der Waals surface area contributed by atoms with Crippen LogP contribution in [-0.4, -0.2) is 58.8 Å². The summed E-state index contributed by atoms with van der Waals surface area (Å²) in [4.78, 5) is 23.1. The predicted octanol–water partition coefficient (Wildman–Crippen LogP) is 0.790. The smallest absolute Gasteiger partial charge is 0.356 e. The number of benzene rings is 1. The lowest BCUT2D eigenvalue weighted by Crippen LogP contribution is -2.35. The van der Waals surface area contributed by atoms with E-state index < -0.39 is 21.9 Å². The SMILES string of the molecule is CCS(=O)(=O)N(C)CC(=O)Nc1ccccc1-n1ccc(C(=O)O)n1. The second kappa shape index (κ2) is 7.45. The Bertz CT molecular complexity index is 891. The monoisotopic (exact) mass is 366 g/mol. The van der Waals surface area contributed by atoms with Crippen LogP contribution >= 0.6 is 0 Å². The normalized spacial score (nSPS) is 11.5. The highest BCUT2D eigenvalue weighted by atomic mass is 32.2. The number of sulfonamides is 1. The van der Waals surface area contributed by atoms with Gasteiger partial charge in [0.15, 0.2) is 5.69 Å². The maximum absolute atomic E-state index is 12.1. The molecule has 1 heterocycles. The van der Waals surface area contributed by atoms with Crippen molar-refractivity contribution in [2.45, 2.75) is 6.92 Å². The van der Waals surface area contributed by atoms with Gasteiger partial charge >= 0.3 is 5.97 Å². The highest BCUT2D eigenvalue weighted by molar-refractivity contribution is 7.89. The fourth-order valence-corrected chi connectivity index (χ4v) is 2.82. The molecule has 0 radical (unpaired) electrons. The van der Waals surface area contributed by atoms with E-state index in [1.165, 1.54) is 30.9 Å². The zero-order chi connectivity index (χ0) is 18.6. The number of likely N-dealkylation sites (N-methyl/N-ethyl adjacent to an activating group) is 1. The van der Waals surface area contributed by atoms with Gasteiger partial charge in [0.25, 0.3) is 0 Å². The van der Waals surface area contributed by atoms with Gasteiger partial charge in [-0.3, -0.25) is 4.79 Å². The second-order valence-corrected chi connectivity index (χ2v) is 7.54. The number of carboxylic acids is 1. The molecule has 0 aliphatic carbocycles. The maximum Gasteiger partial charge on any atom is 0.356 e. The zero-order valence-corrected chi connectivity index (χ0v) is 14.5. The number of amides is 1. The number of carbonyl (C=O) groups excluding carboxylic acids is 1. The molecule has 2 N–H and O–H groups in total. The second-order valence-electron chi connectivity index (χ2n) is 5.17. The first-order chi connectivity index (χ1) is 11.7. The van der Waals surface area contributed by atoms with Crippen molar-refractivity contribution >= 4 is 27.6 Å². The molecule has 0 fully saturated rings. The molecule has 2 aromatic rings. The quantitative estimate of drug-likeness (QED) is 0.747. The summed E-state index contributed by atoms with van der Waals surface area (Å²) in [6.07, 6.45) is 1.46. The van der Waals surface area contributed by atoms with Crippen LogP contribution in [0.2, 0.25) is 0 Å². The van der Waals surface area contributed by atoms with Gasteiger partial charge in [0.2, 0.25) is 15.9 Å². The summed E-state index contributed by atoms with van der Waals surface area (Å²) < 4.78 is 25.7. The largest absolute Gasteiger partial charge is 0.476 e. The predicted molar refractivity (Wildman–Crippen MR) is 91.2 cm³/mol. The van der Waals surface area contributed by atoms with Gasteiger partial charge in [-0.1, -0.05) is 12.1 Å². The molecule has 0 unspecified atom stereocenters. The molecule has 2 rings (SSSR count). The van der Waals surface area contributed by atoms with Gasteiger partial charge in [0, 0.05) is 13.2 Å². The highest BCUT2D eigenvalue weighted by Crippen LogP contribution is 2.19. The number of aromatic nitrogens is 2. The molecule has 0 saturated carbocycles. The van der Waals surface area contributed by atoms with Gasteiger partial charge in [-0.05, 0) is 25.1 Å². The number of hydrogen-bond acceptors (Lipinski definition) is 5. The van der Waals surface area contributed by atoms with E-state index in [-0.39, 0.29) is 18.0 Å². The van der Waals surface area contributed by atoms with Crippen LogP contribution < -0.4 is 5.32 Å². The molecule has 0 spiro atoms. The average Bonchev–Trinajstić information content (AvgIpc) is 3.05. The van der Waals surface area contributed by atoms with Crippen molar-refractivity contribution in [2.24, 2.45) is 0 Å². The molecule has 1 amide bonds. The fourth-order valence-electron chi connectivity index (χ4n) is 2.06. The fraction of sp³-hybridized carbons (Fsp3) is 0.267. The third-order valence-corrected chi connectivity index (χ3v) is 5.25. The Hall–Kier alpha value is -2.72. The van der Waals surface area contributed by atoms with Crippen LogP contribution in [0.4, 0.5) is 5.69 Å². The first-order valence-electron chi connectivity index (χ1n) is 7.37. The van der Waals surface area contributed by atoms with Crippen molar-refractivity contribution in [3.8, 4) is 5.69 Å². The van der Waals surface area contributed by atoms with Crippen LogP contribution in [0.5, 0.6) is 0 Å². The van der Waals surface area contributed by atoms with E-state index in [0.717, 1.165) is 4.31 Å². The van der Waals surface area contributed by atoms with Crippen LogP contribution in [0.1, 0.15) is 17.4 Å². The van der Waals surface area contributed by atoms with E-state index >= 15 is 0 Å². The number of carboxylic acid groups (broad SMARTS) is 1. The molecule has 25 heavy (non-hydrogen) atoms. The van der Waals surface area contributed by atoms with E-state index in [1.54, 1.807) is 24.3 Å². The number of anilines is 1. The standard InChI is InChI=1S/C15H18N4O5S/c1-3-25(23,24)18(2)10-14(20)16-11-6-4-5-7-13(11)19-9-8-12(17-19)15(21)22/h4-9H,3,10H2,1-2H3,(H,16,20)(H,21,22). The number of hydrogen-bond donors (Lipinski definition) is 2. The number of nitrogens with one attached hydrogen (secondary N) is 1. The molecule has 9 nitrogen and oxygen atoms in total. The average molecular weight is 366 g/mol. The highest BCUT2D eigenvalue weighted by Gasteiger charge is 2.19. The molecular formula is C15H18N4O5S. The Morgan fingerprint density at radius 3 is 2.56 bits per heavy atom. The summed E-state index contributed by atoms with van der Waals surface area (Å²) in [5, 5.41) is 15.5. The number of aromatic carboxylic acids is 1. The summed E-state index contributed by atoms with van der Waals surface area (Å²) in [6, 6.07) is 8.00. The number of para-hydroxylation sites is 2. The van der Waals surface area contributed by atoms with Gasteiger partial charge in [0.1, 0.15) is 0 Å². The number of rotatable bonds is 7. The van der Waals surface area contributed by atoms with E-state index in [9.17, 15) is 18.0 Å². The Morgan fingerprint density at radius 2 is 1.96 bits per heavy atom. The van der Waals surface area contributed by atoms with Crippen molar-refractivity contribution in [3.05, 3.63) is 42.2 Å². The minimum absolute atomic E-state index is 0.0986. The third-order valence-electron chi connectivity index (χ3n) is 3.44. The third kappa shape index (κ3) is 4.43. The molecule has 0 aliphatic rings. The van der Waals surface area contributed by atoms with Crippen molar-refractivity contribution in [2.75, 3.05) is 24.7 Å². The molecule has 0 atom stereocenters. The molecule has 0 bridgehead atoms. The van der Waals surface area contributed by atoms with Crippen LogP contribution in [0.15, 0.2) is 36.5 Å². The van der Waals surface area contributed by atoms with Crippen LogP contribution in [0, 0.1) is 0 Å². The summed E-state index contributed by atoms with van der Waals surface area (Å²) in [7, 11) is -2.13. The lowest BCUT2D eigenvalue weighted by atomic mass is 10.2. The topological polar surface area (TPSA) is 122 Å². The maximum atomic E-state index is 12.1. The zero-order valence-electron chi connectivity index (χ0n) is 13.7.